The van der Waals surface area contributed by atoms with E-state index in [-0.39, 0.29) is 30.0 Å². The Balaban J connectivity index is 2.65. The summed E-state index contributed by atoms with van der Waals surface area (Å²) < 4.78 is 43.6. The monoisotopic (exact) mass is 417 g/mol. The molecule has 158 valence electrons. The van der Waals surface area contributed by atoms with Crippen LogP contribution in [0.25, 0.3) is 0 Å². The van der Waals surface area contributed by atoms with Gasteiger partial charge >= 0.3 is 6.09 Å². The molecule has 0 aromatic heterocycles. The second-order valence-corrected chi connectivity index (χ2v) is 8.76. The van der Waals surface area contributed by atoms with Gasteiger partial charge in [0.15, 0.2) is 0 Å². The number of alkyl carbamates (subject to hydrolysis) is 1. The van der Waals surface area contributed by atoms with E-state index in [9.17, 15) is 22.4 Å². The Morgan fingerprint density at radius 2 is 1.82 bits per heavy atom. The lowest BCUT2D eigenvalue weighted by Gasteiger charge is -2.22. The summed E-state index contributed by atoms with van der Waals surface area (Å²) in [4.78, 5) is 23.7. The van der Waals surface area contributed by atoms with Crippen LogP contribution in [0.15, 0.2) is 29.2 Å². The lowest BCUT2D eigenvalue weighted by Crippen LogP contribution is -2.47. The second-order valence-electron chi connectivity index (χ2n) is 6.71. The Morgan fingerprint density at radius 1 is 1.21 bits per heavy atom. The minimum absolute atomic E-state index is 0.106. The van der Waals surface area contributed by atoms with Gasteiger partial charge < -0.3 is 15.4 Å². The van der Waals surface area contributed by atoms with Crippen LogP contribution >= 0.6 is 0 Å². The van der Waals surface area contributed by atoms with E-state index in [1.54, 1.807) is 6.92 Å². The predicted octanol–water partition coefficient (Wildman–Crippen LogP) is 1.72. The van der Waals surface area contributed by atoms with Gasteiger partial charge in [-0.25, -0.2) is 17.6 Å². The molecule has 28 heavy (non-hydrogen) atoms. The van der Waals surface area contributed by atoms with Gasteiger partial charge in [-0.15, -0.1) is 0 Å². The topological polar surface area (TPSA) is 105 Å². The second kappa shape index (κ2) is 11.0. The Hall–Kier alpha value is -2.20. The van der Waals surface area contributed by atoms with E-state index in [0.29, 0.717) is 6.42 Å². The quantitative estimate of drug-likeness (QED) is 0.603. The van der Waals surface area contributed by atoms with E-state index in [0.717, 1.165) is 28.6 Å². The fourth-order valence-corrected chi connectivity index (χ4v) is 3.60. The van der Waals surface area contributed by atoms with Gasteiger partial charge in [-0.2, -0.15) is 4.31 Å². The number of amides is 2. The highest BCUT2D eigenvalue weighted by atomic mass is 32.2. The summed E-state index contributed by atoms with van der Waals surface area (Å²) in [5, 5.41) is 5.30. The maximum atomic E-state index is 13.0. The molecule has 0 saturated heterocycles. The maximum absolute atomic E-state index is 13.0. The zero-order valence-electron chi connectivity index (χ0n) is 16.6. The number of nitrogens with one attached hydrogen (secondary N) is 2. The molecule has 2 amide bonds. The Kier molecular flexibility index (Phi) is 9.33. The molecule has 8 nitrogen and oxygen atoms in total. The molecule has 0 spiro atoms. The number of halogens is 1. The van der Waals surface area contributed by atoms with E-state index in [1.807, 2.05) is 13.8 Å². The summed E-state index contributed by atoms with van der Waals surface area (Å²) in [5.41, 5.74) is 0. The number of carbonyl (C=O) groups excluding carboxylic acids is 2. The minimum atomic E-state index is -3.92. The third-order valence-corrected chi connectivity index (χ3v) is 5.60. The van der Waals surface area contributed by atoms with Crippen LogP contribution in [0.1, 0.15) is 27.2 Å². The van der Waals surface area contributed by atoms with Crippen molar-refractivity contribution >= 4 is 22.0 Å². The summed E-state index contributed by atoms with van der Waals surface area (Å²) in [6.07, 6.45) is 0.0430. The molecule has 1 rings (SSSR count). The Labute approximate surface area is 165 Å². The molecular formula is C18H28FN3O5S. The first-order chi connectivity index (χ1) is 13.1. The zero-order valence-corrected chi connectivity index (χ0v) is 17.4. The molecular weight excluding hydrogens is 389 g/mol. The standard InChI is InChI=1S/C18H28FN3O5S/c1-5-27-18(24)21-15(10-13(2)3)11-20-17(23)12-22(4)28(25,26)16-8-6-14(19)7-9-16/h6-9,13,15H,5,10-12H2,1-4H3,(H,20,23)(H,21,24). The van der Waals surface area contributed by atoms with Gasteiger partial charge in [0.25, 0.3) is 0 Å². The number of sulfonamides is 1. The SMILES string of the molecule is CCOC(=O)NC(CNC(=O)CN(C)S(=O)(=O)c1ccc(F)cc1)CC(C)C. The Morgan fingerprint density at radius 3 is 2.36 bits per heavy atom. The molecule has 1 unspecified atom stereocenters. The maximum Gasteiger partial charge on any atom is 0.407 e. The van der Waals surface area contributed by atoms with Crippen LogP contribution in [0.5, 0.6) is 0 Å². The van der Waals surface area contributed by atoms with Crippen LogP contribution in [-0.2, 0) is 19.6 Å². The minimum Gasteiger partial charge on any atom is -0.450 e. The average molecular weight is 418 g/mol. The van der Waals surface area contributed by atoms with Gasteiger partial charge in [0.05, 0.1) is 18.0 Å². The third-order valence-electron chi connectivity index (χ3n) is 3.79. The number of benzene rings is 1. The van der Waals surface area contributed by atoms with Crippen molar-refractivity contribution in [3.05, 3.63) is 30.1 Å². The van der Waals surface area contributed by atoms with Crippen molar-refractivity contribution in [1.82, 2.24) is 14.9 Å². The van der Waals surface area contributed by atoms with E-state index in [4.69, 9.17) is 4.74 Å². The molecule has 1 aromatic carbocycles. The molecule has 0 aliphatic rings. The molecule has 0 fully saturated rings. The molecule has 1 atom stereocenters. The van der Waals surface area contributed by atoms with Gasteiger partial charge in [-0.1, -0.05) is 13.8 Å². The molecule has 0 aliphatic carbocycles. The number of rotatable bonds is 10. The van der Waals surface area contributed by atoms with E-state index >= 15 is 0 Å². The highest BCUT2D eigenvalue weighted by molar-refractivity contribution is 7.89. The number of hydrogen-bond acceptors (Lipinski definition) is 5. The lowest BCUT2D eigenvalue weighted by atomic mass is 10.0. The van der Waals surface area contributed by atoms with Crippen molar-refractivity contribution in [3.63, 3.8) is 0 Å². The van der Waals surface area contributed by atoms with Crippen LogP contribution in [0.4, 0.5) is 9.18 Å². The summed E-state index contributed by atoms with van der Waals surface area (Å²) in [6, 6.07) is 4.01. The Bertz CT molecular complexity index is 753. The number of nitrogens with zero attached hydrogens (tertiary/aromatic N) is 1. The summed E-state index contributed by atoms with van der Waals surface area (Å²) in [5.74, 6) is -0.803. The van der Waals surface area contributed by atoms with Gasteiger partial charge in [-0.05, 0) is 43.5 Å². The highest BCUT2D eigenvalue weighted by Crippen LogP contribution is 2.14. The number of likely N-dealkylation sites (N-methyl/N-ethyl adjacent to an activating group) is 1. The van der Waals surface area contributed by atoms with E-state index in [1.165, 1.54) is 7.05 Å². The van der Waals surface area contributed by atoms with Crippen molar-refractivity contribution in [3.8, 4) is 0 Å². The molecule has 0 radical (unpaired) electrons. The van der Waals surface area contributed by atoms with E-state index in [2.05, 4.69) is 10.6 Å². The first-order valence-electron chi connectivity index (χ1n) is 8.98. The van der Waals surface area contributed by atoms with Crippen LogP contribution < -0.4 is 10.6 Å². The van der Waals surface area contributed by atoms with Gasteiger partial charge in [0.1, 0.15) is 5.82 Å². The number of ether oxygens (including phenoxy) is 1. The molecule has 0 heterocycles. The van der Waals surface area contributed by atoms with Crippen molar-refractivity contribution in [2.75, 3.05) is 26.7 Å². The molecule has 0 aliphatic heterocycles. The van der Waals surface area contributed by atoms with Gasteiger partial charge in [0, 0.05) is 19.6 Å². The molecule has 0 bridgehead atoms. The molecule has 2 N–H and O–H groups in total. The smallest absolute Gasteiger partial charge is 0.407 e. The van der Waals surface area contributed by atoms with Crippen LogP contribution in [0.2, 0.25) is 0 Å². The summed E-state index contributed by atoms with van der Waals surface area (Å²) in [6.45, 7) is 5.61. The summed E-state index contributed by atoms with van der Waals surface area (Å²) >= 11 is 0. The normalized spacial score (nSPS) is 12.7. The van der Waals surface area contributed by atoms with Crippen LogP contribution in [-0.4, -0.2) is 57.5 Å². The largest absolute Gasteiger partial charge is 0.450 e. The lowest BCUT2D eigenvalue weighted by molar-refractivity contribution is -0.121. The van der Waals surface area contributed by atoms with E-state index < -0.39 is 34.4 Å². The fraction of sp³-hybridized carbons (Fsp3) is 0.556. The highest BCUT2D eigenvalue weighted by Gasteiger charge is 2.23. The van der Waals surface area contributed by atoms with Crippen molar-refractivity contribution in [2.24, 2.45) is 5.92 Å². The van der Waals surface area contributed by atoms with Gasteiger partial charge in [0.2, 0.25) is 15.9 Å². The van der Waals surface area contributed by atoms with Crippen molar-refractivity contribution in [1.29, 1.82) is 0 Å². The number of hydrogen-bond donors (Lipinski definition) is 2. The predicted molar refractivity (Wildman–Crippen MR) is 103 cm³/mol. The summed E-state index contributed by atoms with van der Waals surface area (Å²) in [7, 11) is -2.65. The number of carbonyl (C=O) groups is 2. The first kappa shape index (κ1) is 23.8. The van der Waals surface area contributed by atoms with Crippen LogP contribution in [0.3, 0.4) is 0 Å². The zero-order chi connectivity index (χ0) is 21.3. The molecule has 1 aromatic rings. The first-order valence-corrected chi connectivity index (χ1v) is 10.4. The van der Waals surface area contributed by atoms with Gasteiger partial charge in [-0.3, -0.25) is 4.79 Å². The van der Waals surface area contributed by atoms with Crippen molar-refractivity contribution in [2.45, 2.75) is 38.1 Å². The molecule has 0 saturated carbocycles. The third kappa shape index (κ3) is 7.81. The average Bonchev–Trinajstić information content (AvgIpc) is 2.59. The fourth-order valence-electron chi connectivity index (χ4n) is 2.47. The van der Waals surface area contributed by atoms with Crippen LogP contribution in [0, 0.1) is 11.7 Å². The molecule has 10 heteroatoms. The van der Waals surface area contributed by atoms with Crippen molar-refractivity contribution < 1.29 is 27.1 Å².